The predicted octanol–water partition coefficient (Wildman–Crippen LogP) is 4.81. The van der Waals surface area contributed by atoms with Gasteiger partial charge in [-0.1, -0.05) is 17.7 Å². The minimum absolute atomic E-state index is 0.0973. The van der Waals surface area contributed by atoms with Gasteiger partial charge in [0, 0.05) is 5.02 Å². The average Bonchev–Trinajstić information content (AvgIpc) is 2.68. The van der Waals surface area contributed by atoms with E-state index in [0.29, 0.717) is 11.4 Å². The largest absolute Gasteiger partial charge is 0.271 e. The summed E-state index contributed by atoms with van der Waals surface area (Å²) in [7, 11) is 0. The molecule has 19 heavy (non-hydrogen) atoms. The highest BCUT2D eigenvalue weighted by Crippen LogP contribution is 2.37. The molecule has 0 spiro atoms. The molecule has 0 saturated heterocycles. The van der Waals surface area contributed by atoms with Crippen molar-refractivity contribution >= 4 is 54.8 Å². The monoisotopic (exact) mass is 426 g/mol. The van der Waals surface area contributed by atoms with E-state index in [-0.39, 0.29) is 11.9 Å². The molecule has 1 aromatic carbocycles. The van der Waals surface area contributed by atoms with Gasteiger partial charge in [0.25, 0.3) is 0 Å². The van der Waals surface area contributed by atoms with Crippen molar-refractivity contribution in [2.75, 3.05) is 0 Å². The van der Waals surface area contributed by atoms with Crippen LogP contribution in [0.4, 0.5) is 4.39 Å². The summed E-state index contributed by atoms with van der Waals surface area (Å²) in [6.07, 6.45) is 0.581. The van der Waals surface area contributed by atoms with E-state index in [0.717, 1.165) is 18.7 Å². The number of benzene rings is 1. The van der Waals surface area contributed by atoms with Crippen molar-refractivity contribution in [3.63, 3.8) is 0 Å². The van der Waals surface area contributed by atoms with E-state index in [9.17, 15) is 4.39 Å². The van der Waals surface area contributed by atoms with Crippen molar-refractivity contribution in [3.8, 4) is 0 Å². The second-order valence-corrected chi connectivity index (χ2v) is 8.10. The first-order chi connectivity index (χ1) is 9.01. The Kier molecular flexibility index (Phi) is 5.39. The number of hydrogen-bond acceptors (Lipinski definition) is 3. The van der Waals surface area contributed by atoms with Crippen LogP contribution in [0.15, 0.2) is 31.8 Å². The molecule has 7 heteroatoms. The van der Waals surface area contributed by atoms with Crippen molar-refractivity contribution in [2.24, 2.45) is 5.84 Å². The fourth-order valence-corrected chi connectivity index (χ4v) is 4.97. The highest BCUT2D eigenvalue weighted by atomic mass is 79.9. The first-order valence-corrected chi connectivity index (χ1v) is 8.14. The number of hydrogen-bond donors (Lipinski definition) is 2. The molecule has 0 aliphatic rings. The molecule has 0 amide bonds. The van der Waals surface area contributed by atoms with Gasteiger partial charge >= 0.3 is 0 Å². The Morgan fingerprint density at radius 1 is 1.37 bits per heavy atom. The Hall–Kier alpha value is 0.0200. The summed E-state index contributed by atoms with van der Waals surface area (Å²) in [5, 5.41) is 0.408. The molecule has 0 aliphatic heterocycles. The Balaban J connectivity index is 2.26. The number of hydrazine groups is 1. The zero-order valence-corrected chi connectivity index (χ0v) is 14.3. The van der Waals surface area contributed by atoms with Crippen molar-refractivity contribution in [1.29, 1.82) is 0 Å². The molecule has 0 fully saturated rings. The van der Waals surface area contributed by atoms with Gasteiger partial charge in [0.2, 0.25) is 0 Å². The molecule has 1 heterocycles. The van der Waals surface area contributed by atoms with Crippen molar-refractivity contribution in [1.82, 2.24) is 5.43 Å². The van der Waals surface area contributed by atoms with Crippen molar-refractivity contribution in [2.45, 2.75) is 12.5 Å². The third kappa shape index (κ3) is 3.77. The molecule has 2 nitrogen and oxygen atoms in total. The van der Waals surface area contributed by atoms with Gasteiger partial charge < -0.3 is 0 Å². The van der Waals surface area contributed by atoms with E-state index in [1.807, 2.05) is 6.07 Å². The number of halogens is 4. The normalized spacial score (nSPS) is 12.7. The number of nitrogens with one attached hydrogen (secondary N) is 1. The van der Waals surface area contributed by atoms with E-state index in [1.165, 1.54) is 12.1 Å². The summed E-state index contributed by atoms with van der Waals surface area (Å²) in [6.45, 7) is 0. The van der Waals surface area contributed by atoms with Crippen LogP contribution in [0, 0.1) is 5.82 Å². The van der Waals surface area contributed by atoms with E-state index in [1.54, 1.807) is 17.4 Å². The lowest BCUT2D eigenvalue weighted by atomic mass is 10.0. The van der Waals surface area contributed by atoms with Crippen molar-refractivity contribution in [3.05, 3.63) is 53.8 Å². The average molecular weight is 429 g/mol. The van der Waals surface area contributed by atoms with Gasteiger partial charge in [0.1, 0.15) is 5.82 Å². The molecule has 0 radical (unpaired) electrons. The van der Waals surface area contributed by atoms with Gasteiger partial charge in [-0.2, -0.15) is 0 Å². The quantitative estimate of drug-likeness (QED) is 0.542. The Labute approximate surface area is 136 Å². The van der Waals surface area contributed by atoms with Crippen molar-refractivity contribution < 1.29 is 4.39 Å². The second kappa shape index (κ2) is 6.65. The maximum absolute atomic E-state index is 13.0. The third-order valence-corrected chi connectivity index (χ3v) is 5.44. The predicted molar refractivity (Wildman–Crippen MR) is 84.9 cm³/mol. The van der Waals surface area contributed by atoms with E-state index >= 15 is 0 Å². The first-order valence-electron chi connectivity index (χ1n) is 5.36. The molecule has 2 aromatic rings. The van der Waals surface area contributed by atoms with Gasteiger partial charge in [0.05, 0.1) is 13.6 Å². The van der Waals surface area contributed by atoms with Gasteiger partial charge in [-0.15, -0.1) is 11.3 Å². The molecule has 0 saturated carbocycles. The number of nitrogens with two attached hydrogens (primary N) is 1. The van der Waals surface area contributed by atoms with Crippen LogP contribution in [0.1, 0.15) is 17.2 Å². The molecule has 0 bridgehead atoms. The molecule has 1 atom stereocenters. The van der Waals surface area contributed by atoms with Crippen LogP contribution in [-0.4, -0.2) is 0 Å². The number of thiophene rings is 1. The van der Waals surface area contributed by atoms with Crippen LogP contribution in [0.25, 0.3) is 0 Å². The summed E-state index contributed by atoms with van der Waals surface area (Å²) < 4.78 is 15.0. The molecule has 2 rings (SSSR count). The summed E-state index contributed by atoms with van der Waals surface area (Å²) in [5.41, 5.74) is 4.66. The SMILES string of the molecule is NNC(Cc1ccc(F)cc1Cl)c1cc(Br)sc1Br. The molecule has 3 N–H and O–H groups in total. The molecule has 1 unspecified atom stereocenters. The second-order valence-electron chi connectivity index (χ2n) is 3.94. The van der Waals surface area contributed by atoms with Crippen LogP contribution in [0.2, 0.25) is 5.02 Å². The summed E-state index contributed by atoms with van der Waals surface area (Å²) in [6, 6.07) is 6.28. The maximum Gasteiger partial charge on any atom is 0.124 e. The summed E-state index contributed by atoms with van der Waals surface area (Å²) in [4.78, 5) is 0. The van der Waals surface area contributed by atoms with Crippen LogP contribution in [-0.2, 0) is 6.42 Å². The fourth-order valence-electron chi connectivity index (χ4n) is 1.76. The lowest BCUT2D eigenvalue weighted by Crippen LogP contribution is -2.29. The highest BCUT2D eigenvalue weighted by molar-refractivity contribution is 9.12. The molecule has 1 aromatic heterocycles. The lowest BCUT2D eigenvalue weighted by Gasteiger charge is -2.16. The maximum atomic E-state index is 13.0. The lowest BCUT2D eigenvalue weighted by molar-refractivity contribution is 0.550. The van der Waals surface area contributed by atoms with Gasteiger partial charge in [0.15, 0.2) is 0 Å². The van der Waals surface area contributed by atoms with Gasteiger partial charge in [-0.25, -0.2) is 4.39 Å². The van der Waals surface area contributed by atoms with E-state index in [4.69, 9.17) is 17.4 Å². The molecule has 102 valence electrons. The zero-order chi connectivity index (χ0) is 14.0. The Morgan fingerprint density at radius 2 is 2.11 bits per heavy atom. The Morgan fingerprint density at radius 3 is 2.63 bits per heavy atom. The van der Waals surface area contributed by atoms with Crippen LogP contribution in [0.5, 0.6) is 0 Å². The smallest absolute Gasteiger partial charge is 0.124 e. The van der Waals surface area contributed by atoms with E-state index < -0.39 is 0 Å². The number of rotatable bonds is 4. The minimum Gasteiger partial charge on any atom is -0.271 e. The topological polar surface area (TPSA) is 38.0 Å². The van der Waals surface area contributed by atoms with Crippen LogP contribution < -0.4 is 11.3 Å². The van der Waals surface area contributed by atoms with Crippen LogP contribution in [0.3, 0.4) is 0 Å². The minimum atomic E-state index is -0.342. The molecular formula is C12H10Br2ClFN2S. The molecule has 0 aliphatic carbocycles. The highest BCUT2D eigenvalue weighted by Gasteiger charge is 2.18. The summed E-state index contributed by atoms with van der Waals surface area (Å²) in [5.74, 6) is 5.27. The van der Waals surface area contributed by atoms with Crippen LogP contribution >= 0.6 is 54.8 Å². The summed E-state index contributed by atoms with van der Waals surface area (Å²) >= 11 is 14.5. The fraction of sp³-hybridized carbons (Fsp3) is 0.167. The molecular weight excluding hydrogens is 418 g/mol. The standard InChI is InChI=1S/C12H10Br2ClFN2S/c13-11-5-8(12(14)19-11)10(18-17)3-6-1-2-7(16)4-9(6)15/h1-2,4-5,10,18H,3,17H2. The van der Waals surface area contributed by atoms with Gasteiger partial charge in [-0.3, -0.25) is 11.3 Å². The first kappa shape index (κ1) is 15.4. The zero-order valence-electron chi connectivity index (χ0n) is 9.59. The third-order valence-electron chi connectivity index (χ3n) is 2.70. The van der Waals surface area contributed by atoms with E-state index in [2.05, 4.69) is 37.3 Å². The van der Waals surface area contributed by atoms with Gasteiger partial charge in [-0.05, 0) is 67.6 Å². The Bertz CT molecular complexity index is 591.